The second kappa shape index (κ2) is 13.6. The predicted octanol–water partition coefficient (Wildman–Crippen LogP) is 5.59. The summed E-state index contributed by atoms with van der Waals surface area (Å²) in [5.74, 6) is 1.37. The number of thioether (sulfide) groups is 1. The highest BCUT2D eigenvalue weighted by molar-refractivity contribution is 7.99. The minimum absolute atomic E-state index is 0.0899. The number of hydrogen-bond donors (Lipinski definition) is 2. The molecular weight excluding hydrogens is 544 g/mol. The molecule has 0 aliphatic carbocycles. The van der Waals surface area contributed by atoms with Gasteiger partial charge in [-0.25, -0.2) is 4.98 Å². The molecule has 0 saturated carbocycles. The molecule has 4 aromatic rings. The van der Waals surface area contributed by atoms with E-state index in [-0.39, 0.29) is 36.6 Å². The minimum Gasteiger partial charge on any atom is -0.483 e. The maximum atomic E-state index is 12.6. The van der Waals surface area contributed by atoms with Crippen LogP contribution in [0.1, 0.15) is 48.5 Å². The van der Waals surface area contributed by atoms with Crippen LogP contribution in [0.15, 0.2) is 53.7 Å². The number of carbonyl (C=O) groups is 2. The highest BCUT2D eigenvalue weighted by atomic mass is 32.2. The Balaban J connectivity index is 1.28. The van der Waals surface area contributed by atoms with Crippen LogP contribution in [-0.4, -0.2) is 43.9 Å². The van der Waals surface area contributed by atoms with Crippen LogP contribution in [0.2, 0.25) is 0 Å². The van der Waals surface area contributed by atoms with E-state index in [0.29, 0.717) is 22.7 Å². The van der Waals surface area contributed by atoms with Crippen LogP contribution in [0.4, 0.5) is 5.13 Å². The SMILES string of the molecule is CCn1c(CNC(=O)COc2cc(C)ccc2C(C)C)nnc1SCC(=O)Nc1nc(-c2ccccc2)c(C)s1. The maximum Gasteiger partial charge on any atom is 0.258 e. The number of hydrogen-bond acceptors (Lipinski definition) is 8. The first-order valence-corrected chi connectivity index (χ1v) is 14.9. The van der Waals surface area contributed by atoms with Gasteiger partial charge in [0, 0.05) is 17.0 Å². The molecule has 2 aromatic heterocycles. The number of aromatic nitrogens is 4. The predicted molar refractivity (Wildman–Crippen MR) is 160 cm³/mol. The lowest BCUT2D eigenvalue weighted by atomic mass is 10.0. The van der Waals surface area contributed by atoms with Crippen molar-refractivity contribution in [1.29, 1.82) is 0 Å². The molecule has 11 heteroatoms. The van der Waals surface area contributed by atoms with E-state index in [2.05, 4.69) is 39.7 Å². The Morgan fingerprint density at radius 3 is 2.58 bits per heavy atom. The zero-order valence-corrected chi connectivity index (χ0v) is 25.0. The summed E-state index contributed by atoms with van der Waals surface area (Å²) >= 11 is 2.74. The van der Waals surface area contributed by atoms with Crippen molar-refractivity contribution < 1.29 is 14.3 Å². The lowest BCUT2D eigenvalue weighted by Crippen LogP contribution is -2.29. The van der Waals surface area contributed by atoms with Gasteiger partial charge in [0.05, 0.1) is 18.0 Å². The van der Waals surface area contributed by atoms with Crippen molar-refractivity contribution in [2.75, 3.05) is 17.7 Å². The average Bonchev–Trinajstić information content (AvgIpc) is 3.51. The summed E-state index contributed by atoms with van der Waals surface area (Å²) in [4.78, 5) is 30.8. The van der Waals surface area contributed by atoms with E-state index in [0.717, 1.165) is 33.0 Å². The van der Waals surface area contributed by atoms with Gasteiger partial charge in [-0.05, 0) is 43.9 Å². The summed E-state index contributed by atoms with van der Waals surface area (Å²) in [7, 11) is 0. The number of nitrogens with zero attached hydrogens (tertiary/aromatic N) is 4. The van der Waals surface area contributed by atoms with Crippen molar-refractivity contribution in [2.24, 2.45) is 0 Å². The van der Waals surface area contributed by atoms with E-state index in [9.17, 15) is 9.59 Å². The molecule has 2 amide bonds. The fraction of sp³-hybridized carbons (Fsp3) is 0.345. The molecule has 0 aliphatic rings. The number of nitrogens with one attached hydrogen (secondary N) is 2. The molecule has 9 nitrogen and oxygen atoms in total. The van der Waals surface area contributed by atoms with Gasteiger partial charge in [0.15, 0.2) is 22.7 Å². The van der Waals surface area contributed by atoms with Gasteiger partial charge in [-0.3, -0.25) is 9.59 Å². The molecule has 2 N–H and O–H groups in total. The number of amides is 2. The van der Waals surface area contributed by atoms with Gasteiger partial charge in [-0.2, -0.15) is 0 Å². The minimum atomic E-state index is -0.246. The summed E-state index contributed by atoms with van der Waals surface area (Å²) < 4.78 is 7.72. The summed E-state index contributed by atoms with van der Waals surface area (Å²) in [5, 5.41) is 15.4. The first-order valence-electron chi connectivity index (χ1n) is 13.1. The van der Waals surface area contributed by atoms with E-state index >= 15 is 0 Å². The summed E-state index contributed by atoms with van der Waals surface area (Å²) in [5.41, 5.74) is 4.03. The molecular formula is C29H34N6O3S2. The van der Waals surface area contributed by atoms with Crippen LogP contribution in [0.3, 0.4) is 0 Å². The molecule has 0 atom stereocenters. The summed E-state index contributed by atoms with van der Waals surface area (Å²) in [6.45, 7) is 10.9. The lowest BCUT2D eigenvalue weighted by molar-refractivity contribution is -0.123. The summed E-state index contributed by atoms with van der Waals surface area (Å²) in [6, 6.07) is 15.9. The van der Waals surface area contributed by atoms with Crippen LogP contribution in [0.5, 0.6) is 5.75 Å². The molecule has 2 heterocycles. The fourth-order valence-electron chi connectivity index (χ4n) is 4.09. The number of carbonyl (C=O) groups excluding carboxylic acids is 2. The summed E-state index contributed by atoms with van der Waals surface area (Å²) in [6.07, 6.45) is 0. The number of benzene rings is 2. The standard InChI is InChI=1S/C29H34N6O3S2/c1-6-35-24(15-30-25(36)16-38-23-14-19(4)12-13-22(23)18(2)3)33-34-29(35)39-17-26(37)31-28-32-27(20(5)40-28)21-10-8-7-9-11-21/h7-14,18H,6,15-17H2,1-5H3,(H,30,36)(H,31,32,37). The molecule has 2 aromatic carbocycles. The van der Waals surface area contributed by atoms with E-state index < -0.39 is 0 Å². The Morgan fingerprint density at radius 2 is 1.85 bits per heavy atom. The van der Waals surface area contributed by atoms with E-state index in [1.165, 1.54) is 23.1 Å². The van der Waals surface area contributed by atoms with Gasteiger partial charge in [0.25, 0.3) is 5.91 Å². The van der Waals surface area contributed by atoms with Crippen molar-refractivity contribution in [3.8, 4) is 17.0 Å². The molecule has 0 spiro atoms. The quantitative estimate of drug-likeness (QED) is 0.211. The van der Waals surface area contributed by atoms with E-state index in [1.54, 1.807) is 0 Å². The maximum absolute atomic E-state index is 12.6. The van der Waals surface area contributed by atoms with Crippen molar-refractivity contribution in [2.45, 2.75) is 58.8 Å². The number of aryl methyl sites for hydroxylation is 2. The topological polar surface area (TPSA) is 111 Å². The third kappa shape index (κ3) is 7.48. The lowest BCUT2D eigenvalue weighted by Gasteiger charge is -2.15. The van der Waals surface area contributed by atoms with Gasteiger partial charge in [0.2, 0.25) is 5.91 Å². The van der Waals surface area contributed by atoms with Gasteiger partial charge < -0.3 is 19.9 Å². The van der Waals surface area contributed by atoms with Crippen LogP contribution < -0.4 is 15.4 Å². The van der Waals surface area contributed by atoms with Crippen LogP contribution in [-0.2, 0) is 22.7 Å². The van der Waals surface area contributed by atoms with Crippen molar-refractivity contribution in [1.82, 2.24) is 25.1 Å². The number of anilines is 1. The fourth-order valence-corrected chi connectivity index (χ4v) is 5.76. The van der Waals surface area contributed by atoms with Gasteiger partial charge in [0.1, 0.15) is 5.75 Å². The molecule has 0 radical (unpaired) electrons. The largest absolute Gasteiger partial charge is 0.483 e. The molecule has 0 bridgehead atoms. The molecule has 210 valence electrons. The Morgan fingerprint density at radius 1 is 1.07 bits per heavy atom. The highest BCUT2D eigenvalue weighted by Gasteiger charge is 2.17. The van der Waals surface area contributed by atoms with Crippen LogP contribution in [0.25, 0.3) is 11.3 Å². The van der Waals surface area contributed by atoms with Crippen LogP contribution in [0, 0.1) is 13.8 Å². The number of rotatable bonds is 12. The Kier molecular flexibility index (Phi) is 9.94. The second-order valence-corrected chi connectivity index (χ2v) is 11.7. The molecule has 0 fully saturated rings. The third-order valence-corrected chi connectivity index (χ3v) is 7.98. The van der Waals surface area contributed by atoms with Crippen LogP contribution >= 0.6 is 23.1 Å². The molecule has 0 unspecified atom stereocenters. The van der Waals surface area contributed by atoms with E-state index in [4.69, 9.17) is 4.74 Å². The Hall–Kier alpha value is -3.70. The Labute approximate surface area is 242 Å². The highest BCUT2D eigenvalue weighted by Crippen LogP contribution is 2.30. The van der Waals surface area contributed by atoms with Gasteiger partial charge in [-0.15, -0.1) is 21.5 Å². The normalized spacial score (nSPS) is 11.1. The average molecular weight is 579 g/mol. The molecule has 0 aliphatic heterocycles. The molecule has 40 heavy (non-hydrogen) atoms. The van der Waals surface area contributed by atoms with Crippen molar-refractivity contribution in [3.05, 3.63) is 70.4 Å². The second-order valence-electron chi connectivity index (χ2n) is 9.53. The van der Waals surface area contributed by atoms with Gasteiger partial charge >= 0.3 is 0 Å². The number of ether oxygens (including phenoxy) is 1. The van der Waals surface area contributed by atoms with E-state index in [1.807, 2.05) is 73.9 Å². The zero-order chi connectivity index (χ0) is 28.6. The van der Waals surface area contributed by atoms with Crippen molar-refractivity contribution in [3.63, 3.8) is 0 Å². The molecule has 4 rings (SSSR count). The first kappa shape index (κ1) is 29.3. The third-order valence-electron chi connectivity index (χ3n) is 6.13. The molecule has 0 saturated heterocycles. The monoisotopic (exact) mass is 578 g/mol. The Bertz CT molecular complexity index is 1470. The number of thiazole rings is 1. The van der Waals surface area contributed by atoms with Gasteiger partial charge in [-0.1, -0.05) is 68.1 Å². The smallest absolute Gasteiger partial charge is 0.258 e. The zero-order valence-electron chi connectivity index (χ0n) is 23.4. The van der Waals surface area contributed by atoms with Crippen molar-refractivity contribution >= 4 is 40.0 Å². The first-order chi connectivity index (χ1) is 19.2.